The van der Waals surface area contributed by atoms with E-state index in [9.17, 15) is 9.59 Å². The van der Waals surface area contributed by atoms with E-state index in [1.807, 2.05) is 32.0 Å². The highest BCUT2D eigenvalue weighted by atomic mass is 79.9. The predicted octanol–water partition coefficient (Wildman–Crippen LogP) is 5.59. The number of ether oxygens (including phenoxy) is 3. The second-order valence-corrected chi connectivity index (χ2v) is 9.05. The highest BCUT2D eigenvalue weighted by Gasteiger charge is 2.16. The molecule has 1 N–H and O–H groups in total. The lowest BCUT2D eigenvalue weighted by Gasteiger charge is -2.11. The summed E-state index contributed by atoms with van der Waals surface area (Å²) in [6, 6.07) is 15.8. The van der Waals surface area contributed by atoms with Crippen LogP contribution in [0.3, 0.4) is 0 Å². The van der Waals surface area contributed by atoms with Crippen molar-refractivity contribution >= 4 is 50.0 Å². The van der Waals surface area contributed by atoms with Gasteiger partial charge in [-0.2, -0.15) is 5.10 Å². The first-order chi connectivity index (χ1) is 16.3. The van der Waals surface area contributed by atoms with Gasteiger partial charge in [0.1, 0.15) is 11.5 Å². The third-order valence-electron chi connectivity index (χ3n) is 4.62. The maximum absolute atomic E-state index is 12.7. The maximum atomic E-state index is 12.7. The van der Waals surface area contributed by atoms with Crippen molar-refractivity contribution in [3.05, 3.63) is 85.8 Å². The van der Waals surface area contributed by atoms with Crippen molar-refractivity contribution < 1.29 is 23.8 Å². The van der Waals surface area contributed by atoms with E-state index in [0.29, 0.717) is 27.1 Å². The SMILES string of the molecule is COc1cccc(C(=O)Oc2c(Br)cc(Br)cc2/C=N\NC(=O)COc2ccc(C)cc2C)c1. The van der Waals surface area contributed by atoms with Crippen LogP contribution in [0.4, 0.5) is 0 Å². The predicted molar refractivity (Wildman–Crippen MR) is 137 cm³/mol. The molecule has 0 aliphatic rings. The van der Waals surface area contributed by atoms with Crippen molar-refractivity contribution in [2.24, 2.45) is 5.10 Å². The first-order valence-corrected chi connectivity index (χ1v) is 11.7. The number of rotatable bonds is 8. The number of methoxy groups -OCH3 is 1. The molecule has 0 spiro atoms. The molecule has 0 unspecified atom stereocenters. The monoisotopic (exact) mass is 588 g/mol. The normalized spacial score (nSPS) is 10.7. The molecular weight excluding hydrogens is 568 g/mol. The summed E-state index contributed by atoms with van der Waals surface area (Å²) in [5, 5.41) is 3.98. The Morgan fingerprint density at radius 2 is 1.85 bits per heavy atom. The molecule has 0 atom stereocenters. The lowest BCUT2D eigenvalue weighted by molar-refractivity contribution is -0.123. The molecule has 0 aliphatic carbocycles. The summed E-state index contributed by atoms with van der Waals surface area (Å²) in [5.74, 6) is 0.424. The molecule has 0 aliphatic heterocycles. The number of hydrazone groups is 1. The van der Waals surface area contributed by atoms with E-state index >= 15 is 0 Å². The van der Waals surface area contributed by atoms with E-state index in [-0.39, 0.29) is 12.4 Å². The molecule has 176 valence electrons. The number of amides is 1. The number of benzene rings is 3. The molecule has 3 aromatic carbocycles. The van der Waals surface area contributed by atoms with E-state index in [1.54, 1.807) is 36.4 Å². The molecule has 0 fully saturated rings. The van der Waals surface area contributed by atoms with Crippen molar-refractivity contribution in [3.63, 3.8) is 0 Å². The second-order valence-electron chi connectivity index (χ2n) is 7.28. The number of hydrogen-bond acceptors (Lipinski definition) is 6. The molecule has 0 aromatic heterocycles. The van der Waals surface area contributed by atoms with Gasteiger partial charge in [-0.1, -0.05) is 39.7 Å². The number of carbonyl (C=O) groups excluding carboxylic acids is 2. The van der Waals surface area contributed by atoms with Gasteiger partial charge >= 0.3 is 5.97 Å². The number of hydrogen-bond donors (Lipinski definition) is 1. The minimum atomic E-state index is -0.567. The lowest BCUT2D eigenvalue weighted by atomic mass is 10.1. The highest BCUT2D eigenvalue weighted by Crippen LogP contribution is 2.33. The summed E-state index contributed by atoms with van der Waals surface area (Å²) in [7, 11) is 1.52. The zero-order valence-electron chi connectivity index (χ0n) is 18.7. The van der Waals surface area contributed by atoms with Crippen LogP contribution in [-0.2, 0) is 4.79 Å². The fourth-order valence-corrected chi connectivity index (χ4v) is 4.34. The smallest absolute Gasteiger partial charge is 0.343 e. The third-order valence-corrected chi connectivity index (χ3v) is 5.67. The fourth-order valence-electron chi connectivity index (χ4n) is 3.00. The van der Waals surface area contributed by atoms with Crippen LogP contribution < -0.4 is 19.6 Å². The Labute approximate surface area is 214 Å². The Bertz CT molecular complexity index is 1240. The maximum Gasteiger partial charge on any atom is 0.343 e. The first-order valence-electron chi connectivity index (χ1n) is 10.1. The molecule has 0 saturated carbocycles. The summed E-state index contributed by atoms with van der Waals surface area (Å²) in [5.41, 5.74) is 5.27. The standard InChI is InChI=1S/C25H22Br2N2O5/c1-15-7-8-22(16(2)9-15)33-14-23(30)29-28-13-18-10-19(26)12-21(27)24(18)34-25(31)17-5-4-6-20(11-17)32-3/h4-13H,14H2,1-3H3,(H,29,30)/b28-13-. The molecule has 0 saturated heterocycles. The van der Waals surface area contributed by atoms with Gasteiger partial charge < -0.3 is 14.2 Å². The van der Waals surface area contributed by atoms with Crippen LogP contribution in [0.15, 0.2) is 68.6 Å². The van der Waals surface area contributed by atoms with Gasteiger partial charge in [0.05, 0.1) is 23.4 Å². The Kier molecular flexibility index (Phi) is 8.84. The van der Waals surface area contributed by atoms with Gasteiger partial charge in [-0.05, 0) is 71.7 Å². The van der Waals surface area contributed by atoms with Crippen LogP contribution in [0.25, 0.3) is 0 Å². The number of carbonyl (C=O) groups is 2. The topological polar surface area (TPSA) is 86.2 Å². The molecule has 3 aromatic rings. The molecular formula is C25H22Br2N2O5. The highest BCUT2D eigenvalue weighted by molar-refractivity contribution is 9.11. The summed E-state index contributed by atoms with van der Waals surface area (Å²) in [6.07, 6.45) is 1.39. The molecule has 0 bridgehead atoms. The van der Waals surface area contributed by atoms with Gasteiger partial charge in [-0.3, -0.25) is 4.79 Å². The van der Waals surface area contributed by atoms with E-state index in [4.69, 9.17) is 14.2 Å². The van der Waals surface area contributed by atoms with Crippen molar-refractivity contribution in [1.29, 1.82) is 0 Å². The lowest BCUT2D eigenvalue weighted by Crippen LogP contribution is -2.24. The molecule has 1 amide bonds. The average molecular weight is 590 g/mol. The van der Waals surface area contributed by atoms with Crippen LogP contribution in [0.1, 0.15) is 27.0 Å². The third kappa shape index (κ3) is 6.91. The number of nitrogens with one attached hydrogen (secondary N) is 1. The van der Waals surface area contributed by atoms with Gasteiger partial charge in [0.2, 0.25) is 0 Å². The molecule has 0 radical (unpaired) electrons. The summed E-state index contributed by atoms with van der Waals surface area (Å²) < 4.78 is 17.6. The van der Waals surface area contributed by atoms with Crippen LogP contribution in [0.5, 0.6) is 17.2 Å². The molecule has 7 nitrogen and oxygen atoms in total. The number of aryl methyl sites for hydroxylation is 2. The zero-order chi connectivity index (χ0) is 24.7. The minimum Gasteiger partial charge on any atom is -0.497 e. The quantitative estimate of drug-likeness (QED) is 0.160. The van der Waals surface area contributed by atoms with Gasteiger partial charge in [0, 0.05) is 10.0 Å². The second kappa shape index (κ2) is 11.8. The molecule has 34 heavy (non-hydrogen) atoms. The zero-order valence-corrected chi connectivity index (χ0v) is 21.9. The van der Waals surface area contributed by atoms with Gasteiger partial charge in [-0.15, -0.1) is 0 Å². The largest absolute Gasteiger partial charge is 0.497 e. The van der Waals surface area contributed by atoms with Crippen molar-refractivity contribution in [3.8, 4) is 17.2 Å². The average Bonchev–Trinajstić information content (AvgIpc) is 2.80. The minimum absolute atomic E-state index is 0.193. The van der Waals surface area contributed by atoms with E-state index in [1.165, 1.54) is 13.3 Å². The Balaban J connectivity index is 1.68. The summed E-state index contributed by atoms with van der Waals surface area (Å²) in [6.45, 7) is 3.71. The number of halogens is 2. The van der Waals surface area contributed by atoms with Crippen LogP contribution >= 0.6 is 31.9 Å². The molecule has 9 heteroatoms. The fraction of sp³-hybridized carbons (Fsp3) is 0.160. The van der Waals surface area contributed by atoms with Crippen LogP contribution in [-0.4, -0.2) is 31.8 Å². The van der Waals surface area contributed by atoms with Crippen LogP contribution in [0, 0.1) is 13.8 Å². The Morgan fingerprint density at radius 3 is 2.59 bits per heavy atom. The van der Waals surface area contributed by atoms with Crippen molar-refractivity contribution in [2.75, 3.05) is 13.7 Å². The molecule has 3 rings (SSSR count). The van der Waals surface area contributed by atoms with E-state index < -0.39 is 11.9 Å². The summed E-state index contributed by atoms with van der Waals surface area (Å²) >= 11 is 6.81. The summed E-state index contributed by atoms with van der Waals surface area (Å²) in [4.78, 5) is 24.8. The van der Waals surface area contributed by atoms with Crippen molar-refractivity contribution in [2.45, 2.75) is 13.8 Å². The molecule has 0 heterocycles. The Hall–Kier alpha value is -3.17. The number of esters is 1. The number of nitrogens with zero attached hydrogens (tertiary/aromatic N) is 1. The first kappa shape index (κ1) is 25.5. The van der Waals surface area contributed by atoms with Gasteiger partial charge in [-0.25, -0.2) is 10.2 Å². The Morgan fingerprint density at radius 1 is 1.06 bits per heavy atom. The van der Waals surface area contributed by atoms with E-state index in [0.717, 1.165) is 15.6 Å². The van der Waals surface area contributed by atoms with Crippen LogP contribution in [0.2, 0.25) is 0 Å². The van der Waals surface area contributed by atoms with Crippen molar-refractivity contribution in [1.82, 2.24) is 5.43 Å². The van der Waals surface area contributed by atoms with Gasteiger partial charge in [0.15, 0.2) is 12.4 Å². The van der Waals surface area contributed by atoms with E-state index in [2.05, 4.69) is 42.4 Å². The van der Waals surface area contributed by atoms with Gasteiger partial charge in [0.25, 0.3) is 5.91 Å².